The molecule has 4 rings (SSSR count). The summed E-state index contributed by atoms with van der Waals surface area (Å²) >= 11 is 0.934. The first-order valence-electron chi connectivity index (χ1n) is 14.2. The van der Waals surface area contributed by atoms with E-state index in [0.717, 1.165) is 30.6 Å². The van der Waals surface area contributed by atoms with E-state index in [1.807, 2.05) is 13.8 Å². The number of rotatable bonds is 13. The van der Waals surface area contributed by atoms with Crippen molar-refractivity contribution in [3.05, 3.63) is 69.7 Å². The van der Waals surface area contributed by atoms with Gasteiger partial charge in [0, 0.05) is 5.56 Å². The van der Waals surface area contributed by atoms with Crippen LogP contribution in [0.15, 0.2) is 48.0 Å². The molecule has 0 spiro atoms. The van der Waals surface area contributed by atoms with Gasteiger partial charge < -0.3 is 24.1 Å². The summed E-state index contributed by atoms with van der Waals surface area (Å²) in [4.78, 5) is 45.5. The fourth-order valence-corrected chi connectivity index (χ4v) is 5.62. The van der Waals surface area contributed by atoms with Crippen molar-refractivity contribution in [2.45, 2.75) is 53.0 Å². The number of aromatic nitrogens is 1. The number of amides is 1. The zero-order valence-corrected chi connectivity index (χ0v) is 25.8. The zero-order valence-electron chi connectivity index (χ0n) is 25.0. The highest BCUT2D eigenvalue weighted by atomic mass is 32.1. The van der Waals surface area contributed by atoms with Crippen molar-refractivity contribution in [2.75, 3.05) is 31.8 Å². The maximum absolute atomic E-state index is 13.6. The maximum atomic E-state index is 13.6. The van der Waals surface area contributed by atoms with Gasteiger partial charge in [0.15, 0.2) is 16.6 Å². The molecule has 43 heavy (non-hydrogen) atoms. The van der Waals surface area contributed by atoms with Gasteiger partial charge in [-0.3, -0.25) is 14.5 Å². The van der Waals surface area contributed by atoms with E-state index in [0.29, 0.717) is 53.9 Å². The molecule has 1 fully saturated rings. The van der Waals surface area contributed by atoms with E-state index in [1.165, 1.54) is 12.0 Å². The Hall–Kier alpha value is -4.38. The van der Waals surface area contributed by atoms with Gasteiger partial charge in [0.05, 0.1) is 44.2 Å². The SMILES string of the molecule is CCCCOc1ccc(C(O)=C2C(=O)C(=O)N(c3nc(C)c(C(=O)OC)s3)[C@H]2c2ccc(OCCC)c(OCC)c2)cc1. The van der Waals surface area contributed by atoms with Crippen molar-refractivity contribution in [1.29, 1.82) is 0 Å². The van der Waals surface area contributed by atoms with E-state index in [-0.39, 0.29) is 21.3 Å². The van der Waals surface area contributed by atoms with E-state index < -0.39 is 23.7 Å². The predicted molar refractivity (Wildman–Crippen MR) is 163 cm³/mol. The van der Waals surface area contributed by atoms with Crippen molar-refractivity contribution in [1.82, 2.24) is 4.98 Å². The number of anilines is 1. The number of Topliss-reactive ketones (excluding diaryl/α,β-unsaturated/α-hetero) is 1. The lowest BCUT2D eigenvalue weighted by Gasteiger charge is -2.24. The number of hydrogen-bond acceptors (Lipinski definition) is 10. The second-order valence-electron chi connectivity index (χ2n) is 9.79. The first kappa shape index (κ1) is 31.6. The summed E-state index contributed by atoms with van der Waals surface area (Å²) in [6.45, 7) is 8.92. The molecule has 0 saturated carbocycles. The van der Waals surface area contributed by atoms with Crippen LogP contribution in [-0.2, 0) is 14.3 Å². The molecule has 1 amide bonds. The molecule has 3 aromatic rings. The summed E-state index contributed by atoms with van der Waals surface area (Å²) in [6.07, 6.45) is 2.70. The molecule has 1 saturated heterocycles. The lowest BCUT2D eigenvalue weighted by Crippen LogP contribution is -2.29. The average molecular weight is 609 g/mol. The van der Waals surface area contributed by atoms with Crippen LogP contribution in [0.3, 0.4) is 0 Å². The molecule has 228 valence electrons. The number of aliphatic hydroxyl groups is 1. The van der Waals surface area contributed by atoms with Gasteiger partial charge in [0.25, 0.3) is 5.78 Å². The standard InChI is InChI=1S/C32H36N2O8S/c1-6-9-17-41-22-13-10-20(11-14-22)27(35)25-26(21-12-15-23(42-16-7-2)24(18-21)40-8-3)34(30(37)28(25)36)32-33-19(4)29(43-32)31(38)39-5/h10-15,18,26,35H,6-9,16-17H2,1-5H3/t26-/m0/s1. The summed E-state index contributed by atoms with van der Waals surface area (Å²) in [5.74, 6) is -1.16. The van der Waals surface area contributed by atoms with Crippen LogP contribution < -0.4 is 19.1 Å². The Bertz CT molecular complexity index is 1510. The molecule has 2 aromatic carbocycles. The van der Waals surface area contributed by atoms with Crippen LogP contribution in [0.4, 0.5) is 5.13 Å². The number of carbonyl (C=O) groups excluding carboxylic acids is 3. The first-order chi connectivity index (χ1) is 20.7. The number of unbranched alkanes of at least 4 members (excludes halogenated alkanes) is 1. The van der Waals surface area contributed by atoms with Gasteiger partial charge in [-0.2, -0.15) is 0 Å². The van der Waals surface area contributed by atoms with Crippen LogP contribution in [0, 0.1) is 6.92 Å². The number of ketones is 1. The van der Waals surface area contributed by atoms with Gasteiger partial charge in [-0.15, -0.1) is 0 Å². The molecular formula is C32H36N2O8S. The molecule has 10 nitrogen and oxygen atoms in total. The molecule has 0 aliphatic carbocycles. The molecule has 1 atom stereocenters. The molecule has 11 heteroatoms. The van der Waals surface area contributed by atoms with Crippen LogP contribution in [0.2, 0.25) is 0 Å². The lowest BCUT2D eigenvalue weighted by molar-refractivity contribution is -0.132. The average Bonchev–Trinajstić information content (AvgIpc) is 3.52. The minimum absolute atomic E-state index is 0.119. The van der Waals surface area contributed by atoms with Crippen LogP contribution in [0.1, 0.15) is 72.6 Å². The number of esters is 1. The topological polar surface area (TPSA) is 124 Å². The van der Waals surface area contributed by atoms with Gasteiger partial charge in [0.2, 0.25) is 0 Å². The number of aliphatic hydroxyl groups excluding tert-OH is 1. The van der Waals surface area contributed by atoms with Crippen LogP contribution >= 0.6 is 11.3 Å². The van der Waals surface area contributed by atoms with Gasteiger partial charge in [-0.25, -0.2) is 9.78 Å². The van der Waals surface area contributed by atoms with Gasteiger partial charge in [-0.1, -0.05) is 37.7 Å². The summed E-state index contributed by atoms with van der Waals surface area (Å²) in [7, 11) is 1.25. The van der Waals surface area contributed by atoms with Gasteiger partial charge >= 0.3 is 11.9 Å². The van der Waals surface area contributed by atoms with E-state index in [1.54, 1.807) is 49.4 Å². The Morgan fingerprint density at radius 3 is 2.37 bits per heavy atom. The number of aryl methyl sites for hydroxylation is 1. The van der Waals surface area contributed by atoms with Gasteiger partial charge in [0.1, 0.15) is 16.4 Å². The quantitative estimate of drug-likeness (QED) is 0.0790. The fourth-order valence-electron chi connectivity index (χ4n) is 4.61. The Labute approximate surface area is 254 Å². The lowest BCUT2D eigenvalue weighted by atomic mass is 9.95. The van der Waals surface area contributed by atoms with Crippen molar-refractivity contribution in [3.63, 3.8) is 0 Å². The molecule has 1 N–H and O–H groups in total. The number of ether oxygens (including phenoxy) is 4. The Morgan fingerprint density at radius 2 is 1.72 bits per heavy atom. The van der Waals surface area contributed by atoms with Crippen LogP contribution in [0.25, 0.3) is 5.76 Å². The number of methoxy groups -OCH3 is 1. The Morgan fingerprint density at radius 1 is 0.977 bits per heavy atom. The van der Waals surface area contributed by atoms with Gasteiger partial charge in [-0.05, 0) is 68.7 Å². The number of thiazole rings is 1. The van der Waals surface area contributed by atoms with E-state index >= 15 is 0 Å². The normalized spacial score (nSPS) is 15.9. The third-order valence-corrected chi connectivity index (χ3v) is 7.88. The summed E-state index contributed by atoms with van der Waals surface area (Å²) < 4.78 is 22.3. The highest BCUT2D eigenvalue weighted by molar-refractivity contribution is 7.17. The largest absolute Gasteiger partial charge is 0.507 e. The van der Waals surface area contributed by atoms with E-state index in [4.69, 9.17) is 18.9 Å². The Balaban J connectivity index is 1.87. The molecule has 0 unspecified atom stereocenters. The monoisotopic (exact) mass is 608 g/mol. The van der Waals surface area contributed by atoms with Crippen molar-refractivity contribution in [3.8, 4) is 17.2 Å². The second-order valence-corrected chi connectivity index (χ2v) is 10.8. The van der Waals surface area contributed by atoms with Crippen molar-refractivity contribution < 1.29 is 38.4 Å². The zero-order chi connectivity index (χ0) is 31.1. The highest BCUT2D eigenvalue weighted by Gasteiger charge is 2.48. The maximum Gasteiger partial charge on any atom is 0.350 e. The molecule has 2 heterocycles. The number of hydrogen-bond donors (Lipinski definition) is 1. The molecule has 1 aliphatic heterocycles. The number of carbonyl (C=O) groups is 3. The van der Waals surface area contributed by atoms with E-state index in [9.17, 15) is 19.5 Å². The summed E-state index contributed by atoms with van der Waals surface area (Å²) in [6, 6.07) is 10.7. The third-order valence-electron chi connectivity index (χ3n) is 6.75. The second kappa shape index (κ2) is 14.2. The highest BCUT2D eigenvalue weighted by Crippen LogP contribution is 2.45. The number of benzene rings is 2. The molecule has 0 bridgehead atoms. The van der Waals surface area contributed by atoms with Crippen molar-refractivity contribution >= 4 is 39.9 Å². The minimum Gasteiger partial charge on any atom is -0.507 e. The summed E-state index contributed by atoms with van der Waals surface area (Å²) in [5.41, 5.74) is 1.05. The molecule has 1 aromatic heterocycles. The smallest absolute Gasteiger partial charge is 0.350 e. The third kappa shape index (κ3) is 6.67. The molecular weight excluding hydrogens is 572 g/mol. The fraction of sp³-hybridized carbons (Fsp3) is 0.375. The van der Waals surface area contributed by atoms with Crippen LogP contribution in [0.5, 0.6) is 17.2 Å². The first-order valence-corrected chi connectivity index (χ1v) is 15.1. The van der Waals surface area contributed by atoms with E-state index in [2.05, 4.69) is 11.9 Å². The van der Waals surface area contributed by atoms with Crippen molar-refractivity contribution in [2.24, 2.45) is 0 Å². The predicted octanol–water partition coefficient (Wildman–Crippen LogP) is 6.23. The molecule has 0 radical (unpaired) electrons. The minimum atomic E-state index is -1.07. The molecule has 1 aliphatic rings. The Kier molecular flexibility index (Phi) is 10.4. The van der Waals surface area contributed by atoms with Crippen LogP contribution in [-0.4, -0.2) is 54.7 Å². The summed E-state index contributed by atoms with van der Waals surface area (Å²) in [5, 5.41) is 11.6. The number of nitrogens with zero attached hydrogens (tertiary/aromatic N) is 2.